The first kappa shape index (κ1) is 16.8. The summed E-state index contributed by atoms with van der Waals surface area (Å²) in [5, 5.41) is 8.96. The van der Waals surface area contributed by atoms with Crippen LogP contribution in [0.2, 0.25) is 0 Å². The molecular formula is C23H22N2. The molecule has 0 atom stereocenters. The van der Waals surface area contributed by atoms with Gasteiger partial charge in [-0.2, -0.15) is 5.10 Å². The van der Waals surface area contributed by atoms with E-state index < -0.39 is 0 Å². The molecule has 0 N–H and O–H groups in total. The summed E-state index contributed by atoms with van der Waals surface area (Å²) in [4.78, 5) is 0. The van der Waals surface area contributed by atoms with Gasteiger partial charge in [-0.05, 0) is 31.9 Å². The molecule has 3 rings (SSSR count). The van der Waals surface area contributed by atoms with E-state index in [0.29, 0.717) is 0 Å². The van der Waals surface area contributed by atoms with Crippen LogP contribution in [0, 0.1) is 20.8 Å². The van der Waals surface area contributed by atoms with Crippen LogP contribution >= 0.6 is 0 Å². The zero-order valence-corrected chi connectivity index (χ0v) is 14.9. The molecule has 0 unspecified atom stereocenters. The van der Waals surface area contributed by atoms with Crippen LogP contribution in [0.5, 0.6) is 0 Å². The number of aryl methyl sites for hydroxylation is 3. The van der Waals surface area contributed by atoms with Crippen molar-refractivity contribution in [2.45, 2.75) is 20.8 Å². The van der Waals surface area contributed by atoms with Gasteiger partial charge in [0.2, 0.25) is 0 Å². The molecule has 0 aliphatic carbocycles. The molecule has 0 aromatic heterocycles. The summed E-state index contributed by atoms with van der Waals surface area (Å²) in [5.41, 5.74) is 7.83. The first-order valence-electron chi connectivity index (χ1n) is 8.45. The van der Waals surface area contributed by atoms with Gasteiger partial charge in [0.15, 0.2) is 0 Å². The number of rotatable bonds is 4. The molecule has 0 heterocycles. The van der Waals surface area contributed by atoms with E-state index in [1.165, 1.54) is 16.7 Å². The third-order valence-electron chi connectivity index (χ3n) is 4.18. The third kappa shape index (κ3) is 4.10. The lowest BCUT2D eigenvalue weighted by atomic mass is 10.0. The molecular weight excluding hydrogens is 304 g/mol. The molecule has 0 amide bonds. The Kier molecular flexibility index (Phi) is 5.20. The second-order valence-corrected chi connectivity index (χ2v) is 6.24. The number of hydrogen-bond donors (Lipinski definition) is 0. The normalized spacial score (nSPS) is 10.8. The van der Waals surface area contributed by atoms with Crippen molar-refractivity contribution in [3.63, 3.8) is 0 Å². The average Bonchev–Trinajstić information content (AvgIpc) is 2.62. The minimum atomic E-state index is 0.875. The standard InChI is InChI=1S/C23H22N2/c1-17-14-18(2)22(19(3)15-17)16-24-25-23(20-10-6-4-7-11-20)21-12-8-5-9-13-21/h4-16H,1-3H3. The van der Waals surface area contributed by atoms with Crippen molar-refractivity contribution < 1.29 is 0 Å². The maximum atomic E-state index is 4.55. The van der Waals surface area contributed by atoms with Gasteiger partial charge in [-0.1, -0.05) is 78.4 Å². The molecule has 2 nitrogen and oxygen atoms in total. The zero-order chi connectivity index (χ0) is 17.6. The highest BCUT2D eigenvalue weighted by atomic mass is 15.2. The average molecular weight is 326 g/mol. The number of hydrogen-bond acceptors (Lipinski definition) is 2. The topological polar surface area (TPSA) is 24.7 Å². The van der Waals surface area contributed by atoms with Gasteiger partial charge in [0.25, 0.3) is 0 Å². The fourth-order valence-electron chi connectivity index (χ4n) is 3.01. The summed E-state index contributed by atoms with van der Waals surface area (Å²) >= 11 is 0. The molecule has 0 bridgehead atoms. The van der Waals surface area contributed by atoms with E-state index in [2.05, 4.69) is 67.4 Å². The quantitative estimate of drug-likeness (QED) is 0.448. The Morgan fingerprint density at radius 1 is 0.720 bits per heavy atom. The van der Waals surface area contributed by atoms with Crippen molar-refractivity contribution in [2.75, 3.05) is 0 Å². The predicted octanol–water partition coefficient (Wildman–Crippen LogP) is 5.48. The molecule has 124 valence electrons. The van der Waals surface area contributed by atoms with Crippen LogP contribution < -0.4 is 0 Å². The Balaban J connectivity index is 2.00. The minimum Gasteiger partial charge on any atom is -0.158 e. The van der Waals surface area contributed by atoms with Crippen molar-refractivity contribution in [3.8, 4) is 0 Å². The maximum Gasteiger partial charge on any atom is 0.100 e. The van der Waals surface area contributed by atoms with Gasteiger partial charge in [-0.15, -0.1) is 5.10 Å². The van der Waals surface area contributed by atoms with E-state index in [1.54, 1.807) is 0 Å². The molecule has 25 heavy (non-hydrogen) atoms. The fraction of sp³-hybridized carbons (Fsp3) is 0.130. The van der Waals surface area contributed by atoms with E-state index >= 15 is 0 Å². The molecule has 3 aromatic rings. The molecule has 0 saturated carbocycles. The highest BCUT2D eigenvalue weighted by Crippen LogP contribution is 2.15. The van der Waals surface area contributed by atoms with Crippen molar-refractivity contribution in [2.24, 2.45) is 10.2 Å². The largest absolute Gasteiger partial charge is 0.158 e. The molecule has 3 aromatic carbocycles. The Hall–Kier alpha value is -3.00. The summed E-state index contributed by atoms with van der Waals surface area (Å²) < 4.78 is 0. The van der Waals surface area contributed by atoms with Crippen molar-refractivity contribution in [3.05, 3.63) is 106 Å². The van der Waals surface area contributed by atoms with Gasteiger partial charge in [0, 0.05) is 16.7 Å². The number of benzene rings is 3. The van der Waals surface area contributed by atoms with Gasteiger partial charge in [0.1, 0.15) is 5.71 Å². The van der Waals surface area contributed by atoms with E-state index in [-0.39, 0.29) is 0 Å². The maximum absolute atomic E-state index is 4.55. The molecule has 0 spiro atoms. The van der Waals surface area contributed by atoms with Crippen LogP contribution in [0.25, 0.3) is 0 Å². The molecule has 0 aliphatic heterocycles. The van der Waals surface area contributed by atoms with Crippen LogP contribution in [-0.4, -0.2) is 11.9 Å². The van der Waals surface area contributed by atoms with Gasteiger partial charge >= 0.3 is 0 Å². The second-order valence-electron chi connectivity index (χ2n) is 6.24. The highest BCUT2D eigenvalue weighted by molar-refractivity contribution is 6.13. The third-order valence-corrected chi connectivity index (χ3v) is 4.18. The van der Waals surface area contributed by atoms with Gasteiger partial charge in [-0.3, -0.25) is 0 Å². The van der Waals surface area contributed by atoms with Gasteiger partial charge in [0.05, 0.1) is 6.21 Å². The summed E-state index contributed by atoms with van der Waals surface area (Å²) in [6.45, 7) is 6.34. The molecule has 0 radical (unpaired) electrons. The first-order valence-corrected chi connectivity index (χ1v) is 8.45. The molecule has 0 saturated heterocycles. The van der Waals surface area contributed by atoms with Crippen LogP contribution in [0.3, 0.4) is 0 Å². The van der Waals surface area contributed by atoms with E-state index in [0.717, 1.165) is 22.4 Å². The Morgan fingerprint density at radius 3 is 1.68 bits per heavy atom. The lowest BCUT2D eigenvalue weighted by Gasteiger charge is -2.07. The summed E-state index contributed by atoms with van der Waals surface area (Å²) in [5.74, 6) is 0. The Bertz CT molecular complexity index is 843. The predicted molar refractivity (Wildman–Crippen MR) is 107 cm³/mol. The lowest BCUT2D eigenvalue weighted by molar-refractivity contribution is 1.23. The smallest absolute Gasteiger partial charge is 0.100 e. The van der Waals surface area contributed by atoms with E-state index in [9.17, 15) is 0 Å². The summed E-state index contributed by atoms with van der Waals surface area (Å²) in [6.07, 6.45) is 1.86. The fourth-order valence-corrected chi connectivity index (χ4v) is 3.01. The Morgan fingerprint density at radius 2 is 1.20 bits per heavy atom. The van der Waals surface area contributed by atoms with Crippen molar-refractivity contribution >= 4 is 11.9 Å². The summed E-state index contributed by atoms with van der Waals surface area (Å²) in [7, 11) is 0. The van der Waals surface area contributed by atoms with Crippen molar-refractivity contribution in [1.82, 2.24) is 0 Å². The monoisotopic (exact) mass is 326 g/mol. The second kappa shape index (κ2) is 7.71. The SMILES string of the molecule is Cc1cc(C)c(C=NN=C(c2ccccc2)c2ccccc2)c(C)c1. The first-order chi connectivity index (χ1) is 12.1. The minimum absolute atomic E-state index is 0.875. The van der Waals surface area contributed by atoms with Crippen molar-refractivity contribution in [1.29, 1.82) is 0 Å². The molecule has 0 aliphatic rings. The van der Waals surface area contributed by atoms with Crippen LogP contribution in [0.4, 0.5) is 0 Å². The van der Waals surface area contributed by atoms with Crippen LogP contribution in [-0.2, 0) is 0 Å². The van der Waals surface area contributed by atoms with Gasteiger partial charge < -0.3 is 0 Å². The molecule has 2 heteroatoms. The zero-order valence-electron chi connectivity index (χ0n) is 14.9. The summed E-state index contributed by atoms with van der Waals surface area (Å²) in [6, 6.07) is 24.7. The van der Waals surface area contributed by atoms with E-state index in [4.69, 9.17) is 0 Å². The Labute approximate surface area is 149 Å². The number of nitrogens with zero attached hydrogens (tertiary/aromatic N) is 2. The van der Waals surface area contributed by atoms with Crippen LogP contribution in [0.1, 0.15) is 33.4 Å². The highest BCUT2D eigenvalue weighted by Gasteiger charge is 2.06. The van der Waals surface area contributed by atoms with Gasteiger partial charge in [-0.25, -0.2) is 0 Å². The van der Waals surface area contributed by atoms with Crippen LogP contribution in [0.15, 0.2) is 83.0 Å². The molecule has 0 fully saturated rings. The van der Waals surface area contributed by atoms with E-state index in [1.807, 2.05) is 42.6 Å². The lowest BCUT2D eigenvalue weighted by Crippen LogP contribution is -2.02.